The van der Waals surface area contributed by atoms with E-state index in [2.05, 4.69) is 10.6 Å². The average molecular weight is 306 g/mol. The zero-order valence-corrected chi connectivity index (χ0v) is 12.1. The Hall–Kier alpha value is -2.58. The molecule has 8 heteroatoms. The van der Waals surface area contributed by atoms with Crippen LogP contribution in [0, 0.1) is 5.21 Å². The molecule has 3 N–H and O–H groups in total. The first-order valence-corrected chi connectivity index (χ1v) is 6.66. The van der Waals surface area contributed by atoms with Crippen LogP contribution < -0.4 is 15.9 Å². The van der Waals surface area contributed by atoms with Crippen molar-refractivity contribution in [1.29, 1.82) is 0 Å². The molecular weight excluding hydrogens is 290 g/mol. The van der Waals surface area contributed by atoms with E-state index in [1.807, 2.05) is 0 Å². The lowest BCUT2D eigenvalue weighted by atomic mass is 9.94. The number of rotatable bonds is 4. The van der Waals surface area contributed by atoms with Crippen LogP contribution in [0.4, 0.5) is 10.5 Å². The fourth-order valence-electron chi connectivity index (χ4n) is 2.31. The smallest absolute Gasteiger partial charge is 0.338 e. The molecule has 0 spiro atoms. The number of amides is 2. The Morgan fingerprint density at radius 3 is 2.77 bits per heavy atom. The van der Waals surface area contributed by atoms with Crippen LogP contribution in [0.3, 0.4) is 0 Å². The van der Waals surface area contributed by atoms with Crippen LogP contribution in [0.25, 0.3) is 0 Å². The van der Waals surface area contributed by atoms with Crippen LogP contribution >= 0.6 is 0 Å². The topological polar surface area (TPSA) is 114 Å². The van der Waals surface area contributed by atoms with Crippen molar-refractivity contribution in [3.63, 3.8) is 0 Å². The number of allylic oxidation sites excluding steroid dienone is 1. The third kappa shape index (κ3) is 3.02. The molecule has 1 aliphatic rings. The molecular formula is C14H16N3O5-. The van der Waals surface area contributed by atoms with Crippen molar-refractivity contribution < 1.29 is 19.5 Å². The largest absolute Gasteiger partial charge is 0.733 e. The molecule has 0 radical (unpaired) electrons. The molecule has 1 aromatic rings. The summed E-state index contributed by atoms with van der Waals surface area (Å²) in [4.78, 5) is 23.9. The fraction of sp³-hybridized carbons (Fsp3) is 0.286. The van der Waals surface area contributed by atoms with E-state index in [-0.39, 0.29) is 28.7 Å². The molecule has 0 saturated heterocycles. The molecule has 0 aromatic heterocycles. The van der Waals surface area contributed by atoms with Gasteiger partial charge >= 0.3 is 12.0 Å². The van der Waals surface area contributed by atoms with Crippen LogP contribution in [-0.2, 0) is 9.53 Å². The highest BCUT2D eigenvalue weighted by Gasteiger charge is 2.33. The minimum atomic E-state index is -0.896. The maximum Gasteiger partial charge on any atom is 0.338 e. The summed E-state index contributed by atoms with van der Waals surface area (Å²) in [5.74, 6) is -0.609. The van der Waals surface area contributed by atoms with Gasteiger partial charge < -0.3 is 25.8 Å². The molecule has 0 unspecified atom stereocenters. The summed E-state index contributed by atoms with van der Waals surface area (Å²) in [6.45, 7) is 3.40. The SMILES string of the molecule is CCOC(=O)C1=C(C)NC(=O)N[C@H]1c1ccccc1N([O-])O. The molecule has 0 aliphatic carbocycles. The molecule has 22 heavy (non-hydrogen) atoms. The van der Waals surface area contributed by atoms with Gasteiger partial charge in [-0.05, 0) is 19.9 Å². The maximum absolute atomic E-state index is 12.2. The van der Waals surface area contributed by atoms with E-state index in [4.69, 9.17) is 4.74 Å². The van der Waals surface area contributed by atoms with E-state index < -0.39 is 18.0 Å². The molecule has 0 bridgehead atoms. The van der Waals surface area contributed by atoms with Crippen molar-refractivity contribution in [1.82, 2.24) is 10.6 Å². The predicted molar refractivity (Wildman–Crippen MR) is 77.8 cm³/mol. The molecule has 118 valence electrons. The third-order valence-electron chi connectivity index (χ3n) is 3.22. The van der Waals surface area contributed by atoms with E-state index in [0.29, 0.717) is 5.70 Å². The van der Waals surface area contributed by atoms with Crippen LogP contribution in [0.5, 0.6) is 0 Å². The molecule has 2 rings (SSSR count). The van der Waals surface area contributed by atoms with Crippen molar-refractivity contribution in [3.8, 4) is 0 Å². The van der Waals surface area contributed by atoms with Crippen molar-refractivity contribution in [2.75, 3.05) is 11.8 Å². The second-order valence-corrected chi connectivity index (χ2v) is 4.62. The van der Waals surface area contributed by atoms with E-state index in [1.165, 1.54) is 6.07 Å². The molecule has 0 fully saturated rings. The van der Waals surface area contributed by atoms with Gasteiger partial charge in [0.1, 0.15) is 0 Å². The second-order valence-electron chi connectivity index (χ2n) is 4.62. The standard InChI is InChI=1S/C14H16N3O5/c1-3-22-13(18)11-8(2)15-14(19)16-12(11)9-6-4-5-7-10(9)17(20)21/h4-7,12,20H,3H2,1-2H3,(H2,15,16,19)/q-1/t12-/m0/s1. The number of nitrogens with one attached hydrogen (secondary N) is 2. The molecule has 1 heterocycles. The zero-order valence-electron chi connectivity index (χ0n) is 12.1. The quantitative estimate of drug-likeness (QED) is 0.574. The van der Waals surface area contributed by atoms with E-state index in [1.54, 1.807) is 32.0 Å². The van der Waals surface area contributed by atoms with Gasteiger partial charge in [-0.3, -0.25) is 5.21 Å². The van der Waals surface area contributed by atoms with Crippen LogP contribution in [0.1, 0.15) is 25.5 Å². The van der Waals surface area contributed by atoms with Gasteiger partial charge in [-0.15, -0.1) is 0 Å². The normalized spacial score (nSPS) is 17.6. The summed E-state index contributed by atoms with van der Waals surface area (Å²) in [7, 11) is 0. The number of carbonyl (C=O) groups excluding carboxylic acids is 2. The zero-order chi connectivity index (χ0) is 16.3. The Bertz CT molecular complexity index is 627. The lowest BCUT2D eigenvalue weighted by Crippen LogP contribution is -2.45. The first-order valence-electron chi connectivity index (χ1n) is 6.66. The number of hydrogen-bond acceptors (Lipinski definition) is 6. The molecule has 0 saturated carbocycles. The van der Waals surface area contributed by atoms with Gasteiger partial charge in [0, 0.05) is 11.3 Å². The molecule has 1 atom stereocenters. The van der Waals surface area contributed by atoms with Crippen LogP contribution in [0.2, 0.25) is 0 Å². The number of nitrogens with zero attached hydrogens (tertiary/aromatic N) is 1. The van der Waals surface area contributed by atoms with Crippen molar-refractivity contribution in [2.24, 2.45) is 0 Å². The van der Waals surface area contributed by atoms with Crippen LogP contribution in [-0.4, -0.2) is 23.8 Å². The number of anilines is 1. The van der Waals surface area contributed by atoms with Gasteiger partial charge in [0.15, 0.2) is 0 Å². The van der Waals surface area contributed by atoms with E-state index in [9.17, 15) is 20.0 Å². The Kier molecular flexibility index (Phi) is 4.64. The van der Waals surface area contributed by atoms with Crippen molar-refractivity contribution in [2.45, 2.75) is 19.9 Å². The summed E-state index contributed by atoms with van der Waals surface area (Å²) >= 11 is 0. The maximum atomic E-state index is 12.2. The minimum Gasteiger partial charge on any atom is -0.733 e. The van der Waals surface area contributed by atoms with Crippen molar-refractivity contribution in [3.05, 3.63) is 46.3 Å². The molecule has 2 amide bonds. The molecule has 1 aliphatic heterocycles. The number of esters is 1. The van der Waals surface area contributed by atoms with Crippen LogP contribution in [0.15, 0.2) is 35.5 Å². The number of ether oxygens (including phenoxy) is 1. The van der Waals surface area contributed by atoms with E-state index >= 15 is 0 Å². The lowest BCUT2D eigenvalue weighted by molar-refractivity contribution is -0.139. The highest BCUT2D eigenvalue weighted by molar-refractivity contribution is 5.95. The predicted octanol–water partition coefficient (Wildman–Crippen LogP) is 1.57. The fourth-order valence-corrected chi connectivity index (χ4v) is 2.31. The molecule has 8 nitrogen and oxygen atoms in total. The summed E-state index contributed by atoms with van der Waals surface area (Å²) in [6.07, 6.45) is 0. The summed E-state index contributed by atoms with van der Waals surface area (Å²) < 4.78 is 5.00. The lowest BCUT2D eigenvalue weighted by Gasteiger charge is -2.32. The summed E-state index contributed by atoms with van der Waals surface area (Å²) in [6, 6.07) is 4.71. The number of urea groups is 1. The Morgan fingerprint density at radius 2 is 2.14 bits per heavy atom. The van der Waals surface area contributed by atoms with Gasteiger partial charge in [0.2, 0.25) is 0 Å². The van der Waals surface area contributed by atoms with Gasteiger partial charge in [-0.2, -0.15) is 0 Å². The van der Waals surface area contributed by atoms with Gasteiger partial charge in [-0.1, -0.05) is 18.2 Å². The number of para-hydroxylation sites is 1. The Balaban J connectivity index is 2.53. The highest BCUT2D eigenvalue weighted by atomic mass is 16.8. The number of hydrogen-bond donors (Lipinski definition) is 3. The number of benzene rings is 1. The Morgan fingerprint density at radius 1 is 1.45 bits per heavy atom. The van der Waals surface area contributed by atoms with Gasteiger partial charge in [-0.25, -0.2) is 9.59 Å². The first kappa shape index (κ1) is 15.8. The van der Waals surface area contributed by atoms with Gasteiger partial charge in [0.05, 0.1) is 23.9 Å². The third-order valence-corrected chi connectivity index (χ3v) is 3.22. The van der Waals surface area contributed by atoms with Gasteiger partial charge in [0.25, 0.3) is 0 Å². The molecule has 1 aromatic carbocycles. The first-order chi connectivity index (χ1) is 10.5. The average Bonchev–Trinajstić information content (AvgIpc) is 2.46. The number of carbonyl (C=O) groups is 2. The minimum absolute atomic E-state index is 0.0655. The second kappa shape index (κ2) is 6.46. The summed E-state index contributed by atoms with van der Waals surface area (Å²) in [5, 5.41) is 25.2. The Labute approximate surface area is 126 Å². The highest BCUT2D eigenvalue weighted by Crippen LogP contribution is 2.33. The summed E-state index contributed by atoms with van der Waals surface area (Å²) in [5.41, 5.74) is 0.731. The monoisotopic (exact) mass is 306 g/mol. The van der Waals surface area contributed by atoms with E-state index in [0.717, 1.165) is 0 Å². The van der Waals surface area contributed by atoms with Crippen molar-refractivity contribution >= 4 is 17.7 Å².